The van der Waals surface area contributed by atoms with Crippen LogP contribution >= 0.6 is 0 Å². The van der Waals surface area contributed by atoms with E-state index in [0.717, 1.165) is 0 Å². The number of ether oxygens (including phenoxy) is 1. The molecule has 0 bridgehead atoms. The second kappa shape index (κ2) is 8.38. The number of sulfonamides is 2. The molecule has 0 amide bonds. The Morgan fingerprint density at radius 1 is 1.00 bits per heavy atom. The summed E-state index contributed by atoms with van der Waals surface area (Å²) in [7, 11) is -7.23. The molecular weight excluding hydrogens is 392 g/mol. The van der Waals surface area contributed by atoms with Gasteiger partial charge in [0, 0.05) is 26.2 Å². The SMILES string of the molecule is O=S(=O)(CCOc1ccccc1)N1CCCN(S(=O)(=O)c2cnc[nH]2)CC1. The summed E-state index contributed by atoms with van der Waals surface area (Å²) in [6.07, 6.45) is 2.97. The second-order valence-electron chi connectivity index (χ2n) is 6.05. The molecule has 0 saturated carbocycles. The molecule has 1 saturated heterocycles. The van der Waals surface area contributed by atoms with Crippen molar-refractivity contribution in [3.63, 3.8) is 0 Å². The van der Waals surface area contributed by atoms with E-state index in [1.165, 1.54) is 21.1 Å². The van der Waals surface area contributed by atoms with Gasteiger partial charge >= 0.3 is 0 Å². The molecule has 11 heteroatoms. The maximum Gasteiger partial charge on any atom is 0.260 e. The van der Waals surface area contributed by atoms with Crippen molar-refractivity contribution >= 4 is 20.0 Å². The third-order valence-corrected chi connectivity index (χ3v) is 7.91. The molecule has 1 aliphatic rings. The maximum atomic E-state index is 12.6. The Labute approximate surface area is 159 Å². The van der Waals surface area contributed by atoms with E-state index in [0.29, 0.717) is 12.2 Å². The lowest BCUT2D eigenvalue weighted by molar-refractivity contribution is 0.334. The van der Waals surface area contributed by atoms with Gasteiger partial charge in [-0.15, -0.1) is 0 Å². The van der Waals surface area contributed by atoms with Gasteiger partial charge in [0.15, 0.2) is 5.03 Å². The van der Waals surface area contributed by atoms with Crippen LogP contribution in [0.3, 0.4) is 0 Å². The molecule has 27 heavy (non-hydrogen) atoms. The molecular formula is C16H22N4O5S2. The highest BCUT2D eigenvalue weighted by atomic mass is 32.2. The van der Waals surface area contributed by atoms with Crippen LogP contribution in [0.25, 0.3) is 0 Å². The van der Waals surface area contributed by atoms with Crippen molar-refractivity contribution in [2.24, 2.45) is 0 Å². The molecule has 2 heterocycles. The third kappa shape index (κ3) is 4.86. The van der Waals surface area contributed by atoms with Crippen LogP contribution in [0.2, 0.25) is 0 Å². The Hall–Kier alpha value is -1.95. The number of aromatic amines is 1. The number of aromatic nitrogens is 2. The zero-order valence-corrected chi connectivity index (χ0v) is 16.3. The molecule has 1 aliphatic heterocycles. The van der Waals surface area contributed by atoms with Crippen LogP contribution in [0.5, 0.6) is 5.75 Å². The largest absolute Gasteiger partial charge is 0.492 e. The molecule has 1 N–H and O–H groups in total. The first kappa shape index (κ1) is 19.8. The van der Waals surface area contributed by atoms with Gasteiger partial charge in [0.25, 0.3) is 10.0 Å². The van der Waals surface area contributed by atoms with E-state index in [1.807, 2.05) is 18.2 Å². The Bertz CT molecular complexity index is 930. The van der Waals surface area contributed by atoms with E-state index < -0.39 is 20.0 Å². The van der Waals surface area contributed by atoms with E-state index in [-0.39, 0.29) is 43.6 Å². The van der Waals surface area contributed by atoms with Gasteiger partial charge in [-0.3, -0.25) is 0 Å². The number of nitrogens with zero attached hydrogens (tertiary/aromatic N) is 3. The summed E-state index contributed by atoms with van der Waals surface area (Å²) in [5.74, 6) is 0.454. The van der Waals surface area contributed by atoms with Gasteiger partial charge in [0.2, 0.25) is 10.0 Å². The average molecular weight is 415 g/mol. The monoisotopic (exact) mass is 414 g/mol. The molecule has 3 rings (SSSR count). The van der Waals surface area contributed by atoms with Gasteiger partial charge in [-0.2, -0.15) is 4.31 Å². The Morgan fingerprint density at radius 2 is 1.70 bits per heavy atom. The number of benzene rings is 1. The van der Waals surface area contributed by atoms with Crippen molar-refractivity contribution in [2.45, 2.75) is 11.4 Å². The molecule has 0 atom stereocenters. The molecule has 1 fully saturated rings. The maximum absolute atomic E-state index is 12.6. The summed E-state index contributed by atoms with van der Waals surface area (Å²) in [6, 6.07) is 9.00. The lowest BCUT2D eigenvalue weighted by Gasteiger charge is -2.21. The normalized spacial score (nSPS) is 17.5. The van der Waals surface area contributed by atoms with Gasteiger partial charge in [-0.25, -0.2) is 26.1 Å². The van der Waals surface area contributed by atoms with Crippen molar-refractivity contribution < 1.29 is 21.6 Å². The van der Waals surface area contributed by atoms with E-state index in [9.17, 15) is 16.8 Å². The van der Waals surface area contributed by atoms with Crippen LogP contribution in [-0.2, 0) is 20.0 Å². The number of H-pyrrole nitrogens is 1. The van der Waals surface area contributed by atoms with Gasteiger partial charge in [-0.1, -0.05) is 18.2 Å². The van der Waals surface area contributed by atoms with Gasteiger partial charge in [0.05, 0.1) is 18.3 Å². The van der Waals surface area contributed by atoms with E-state index in [1.54, 1.807) is 12.1 Å². The number of hydrogen-bond acceptors (Lipinski definition) is 6. The van der Waals surface area contributed by atoms with Crippen molar-refractivity contribution in [2.75, 3.05) is 38.5 Å². The van der Waals surface area contributed by atoms with Gasteiger partial charge < -0.3 is 9.72 Å². The Morgan fingerprint density at radius 3 is 2.41 bits per heavy atom. The summed E-state index contributed by atoms with van der Waals surface area (Å²) in [6.45, 7) is 0.788. The quantitative estimate of drug-likeness (QED) is 0.707. The van der Waals surface area contributed by atoms with E-state index >= 15 is 0 Å². The van der Waals surface area contributed by atoms with E-state index in [4.69, 9.17) is 4.74 Å². The number of imidazole rings is 1. The predicted octanol–water partition coefficient (Wildman–Crippen LogP) is 0.515. The topological polar surface area (TPSA) is 113 Å². The molecule has 148 valence electrons. The van der Waals surface area contributed by atoms with Gasteiger partial charge in [-0.05, 0) is 18.6 Å². The minimum absolute atomic E-state index is 0.00932. The molecule has 1 aromatic heterocycles. The number of hydrogen-bond donors (Lipinski definition) is 1. The molecule has 0 aliphatic carbocycles. The third-order valence-electron chi connectivity index (χ3n) is 4.25. The summed E-state index contributed by atoms with van der Waals surface area (Å²) in [5.41, 5.74) is 0. The van der Waals surface area contributed by atoms with Crippen LogP contribution in [-0.4, -0.2) is 74.0 Å². The summed E-state index contributed by atoms with van der Waals surface area (Å²) >= 11 is 0. The molecule has 2 aromatic rings. The molecule has 0 unspecified atom stereocenters. The molecule has 0 spiro atoms. The highest BCUT2D eigenvalue weighted by Gasteiger charge is 2.31. The summed E-state index contributed by atoms with van der Waals surface area (Å²) in [5, 5.41) is 0.00932. The highest BCUT2D eigenvalue weighted by Crippen LogP contribution is 2.17. The second-order valence-corrected chi connectivity index (χ2v) is 10.0. The first-order valence-corrected chi connectivity index (χ1v) is 11.6. The zero-order valence-electron chi connectivity index (χ0n) is 14.7. The first-order valence-electron chi connectivity index (χ1n) is 8.54. The smallest absolute Gasteiger partial charge is 0.260 e. The first-order chi connectivity index (χ1) is 12.9. The van der Waals surface area contributed by atoms with Crippen LogP contribution in [0.15, 0.2) is 47.9 Å². The van der Waals surface area contributed by atoms with Gasteiger partial charge in [0.1, 0.15) is 12.4 Å². The van der Waals surface area contributed by atoms with Crippen molar-refractivity contribution in [3.8, 4) is 5.75 Å². The number of nitrogens with one attached hydrogen (secondary N) is 1. The lowest BCUT2D eigenvalue weighted by atomic mass is 10.3. The van der Waals surface area contributed by atoms with Crippen molar-refractivity contribution in [3.05, 3.63) is 42.9 Å². The predicted molar refractivity (Wildman–Crippen MR) is 99.3 cm³/mol. The number of rotatable bonds is 7. The Kier molecular flexibility index (Phi) is 6.15. The molecule has 0 radical (unpaired) electrons. The molecule has 1 aromatic carbocycles. The fourth-order valence-corrected chi connectivity index (χ4v) is 5.51. The Balaban J connectivity index is 1.58. The summed E-state index contributed by atoms with van der Waals surface area (Å²) < 4.78 is 58.3. The van der Waals surface area contributed by atoms with Crippen LogP contribution in [0.1, 0.15) is 6.42 Å². The zero-order chi connectivity index (χ0) is 19.3. The van der Waals surface area contributed by atoms with Crippen molar-refractivity contribution in [1.82, 2.24) is 18.6 Å². The fraction of sp³-hybridized carbons (Fsp3) is 0.438. The fourth-order valence-electron chi connectivity index (χ4n) is 2.82. The summed E-state index contributed by atoms with van der Waals surface area (Å²) in [4.78, 5) is 6.33. The van der Waals surface area contributed by atoms with Crippen LogP contribution in [0.4, 0.5) is 0 Å². The highest BCUT2D eigenvalue weighted by molar-refractivity contribution is 7.89. The standard InChI is InChI=1S/C16H22N4O5S2/c21-26(22,12-11-25-15-5-2-1-3-6-15)19-7-4-8-20(10-9-19)27(23,24)16-13-17-14-18-16/h1-3,5-6,13-14H,4,7-12H2,(H,17,18). The average Bonchev–Trinajstić information content (AvgIpc) is 3.07. The van der Waals surface area contributed by atoms with Crippen LogP contribution in [0, 0.1) is 0 Å². The minimum Gasteiger partial charge on any atom is -0.492 e. The van der Waals surface area contributed by atoms with Crippen molar-refractivity contribution in [1.29, 1.82) is 0 Å². The van der Waals surface area contributed by atoms with E-state index in [2.05, 4.69) is 9.97 Å². The van der Waals surface area contributed by atoms with Crippen LogP contribution < -0.4 is 4.74 Å². The molecule has 9 nitrogen and oxygen atoms in total. The lowest BCUT2D eigenvalue weighted by Crippen LogP contribution is -2.39. The number of para-hydroxylation sites is 1. The minimum atomic E-state index is -3.69.